The molecule has 0 spiro atoms. The molecule has 1 aromatic rings. The van der Waals surface area contributed by atoms with Crippen molar-refractivity contribution in [3.05, 3.63) is 30.1 Å². The molecule has 0 aliphatic carbocycles. The lowest BCUT2D eigenvalue weighted by Crippen LogP contribution is -2.51. The van der Waals surface area contributed by atoms with Crippen LogP contribution in [0, 0.1) is 5.92 Å². The highest BCUT2D eigenvalue weighted by Gasteiger charge is 2.28. The van der Waals surface area contributed by atoms with Gasteiger partial charge >= 0.3 is 0 Å². The van der Waals surface area contributed by atoms with Crippen molar-refractivity contribution in [3.63, 3.8) is 0 Å². The first-order valence-electron chi connectivity index (χ1n) is 7.71. The molecule has 1 fully saturated rings. The van der Waals surface area contributed by atoms with Gasteiger partial charge in [0.2, 0.25) is 0 Å². The maximum atomic E-state index is 6.22. The van der Waals surface area contributed by atoms with Crippen LogP contribution in [-0.2, 0) is 0 Å². The molecule has 4 nitrogen and oxygen atoms in total. The van der Waals surface area contributed by atoms with E-state index in [1.54, 1.807) is 0 Å². The molecule has 0 amide bonds. The van der Waals surface area contributed by atoms with Gasteiger partial charge in [-0.05, 0) is 25.0 Å². The topological polar surface area (TPSA) is 45.4 Å². The van der Waals surface area contributed by atoms with Crippen molar-refractivity contribution in [1.82, 2.24) is 14.8 Å². The number of pyridine rings is 1. The van der Waals surface area contributed by atoms with Crippen LogP contribution in [0.25, 0.3) is 0 Å². The third kappa shape index (κ3) is 4.01. The van der Waals surface area contributed by atoms with E-state index in [4.69, 9.17) is 5.73 Å². The fourth-order valence-electron chi connectivity index (χ4n) is 3.08. The average molecular weight is 276 g/mol. The molecule has 2 N–H and O–H groups in total. The van der Waals surface area contributed by atoms with Gasteiger partial charge in [0.05, 0.1) is 11.7 Å². The Labute approximate surface area is 123 Å². The lowest BCUT2D eigenvalue weighted by atomic mass is 10.0. The molecule has 0 bridgehead atoms. The van der Waals surface area contributed by atoms with Crippen molar-refractivity contribution >= 4 is 0 Å². The lowest BCUT2D eigenvalue weighted by Gasteiger charge is -2.41. The van der Waals surface area contributed by atoms with Crippen LogP contribution in [0.15, 0.2) is 24.4 Å². The number of piperazine rings is 1. The predicted octanol–water partition coefficient (Wildman–Crippen LogP) is 1.74. The first-order chi connectivity index (χ1) is 9.58. The molecule has 0 saturated carbocycles. The van der Waals surface area contributed by atoms with Crippen LogP contribution in [0.3, 0.4) is 0 Å². The fourth-order valence-corrected chi connectivity index (χ4v) is 3.08. The highest BCUT2D eigenvalue weighted by Crippen LogP contribution is 2.23. The van der Waals surface area contributed by atoms with Crippen molar-refractivity contribution in [2.45, 2.75) is 32.9 Å². The van der Waals surface area contributed by atoms with Gasteiger partial charge in [0, 0.05) is 45.0 Å². The molecule has 1 aromatic heterocycles. The van der Waals surface area contributed by atoms with Crippen LogP contribution >= 0.6 is 0 Å². The highest BCUT2D eigenvalue weighted by atomic mass is 15.3. The van der Waals surface area contributed by atoms with Crippen molar-refractivity contribution in [1.29, 1.82) is 0 Å². The molecule has 0 aromatic carbocycles. The van der Waals surface area contributed by atoms with Crippen molar-refractivity contribution in [3.8, 4) is 0 Å². The largest absolute Gasteiger partial charge is 0.326 e. The Balaban J connectivity index is 1.99. The summed E-state index contributed by atoms with van der Waals surface area (Å²) < 4.78 is 0. The number of nitrogens with two attached hydrogens (primary N) is 1. The van der Waals surface area contributed by atoms with Gasteiger partial charge in [-0.1, -0.05) is 19.9 Å². The smallest absolute Gasteiger partial charge is 0.0671 e. The van der Waals surface area contributed by atoms with Crippen LogP contribution in [0.1, 0.15) is 32.5 Å². The molecule has 2 heterocycles. The van der Waals surface area contributed by atoms with Gasteiger partial charge in [0.15, 0.2) is 0 Å². The first-order valence-corrected chi connectivity index (χ1v) is 7.71. The van der Waals surface area contributed by atoms with E-state index in [2.05, 4.69) is 41.6 Å². The SMILES string of the molecule is CC(C)CN1CCN(C(c2ccccn2)C(C)N)CC1. The molecular weight excluding hydrogens is 248 g/mol. The number of aromatic nitrogens is 1. The van der Waals surface area contributed by atoms with Crippen molar-refractivity contribution < 1.29 is 0 Å². The summed E-state index contributed by atoms with van der Waals surface area (Å²) in [6.07, 6.45) is 1.86. The highest BCUT2D eigenvalue weighted by molar-refractivity contribution is 5.11. The van der Waals surface area contributed by atoms with Gasteiger partial charge in [-0.2, -0.15) is 0 Å². The minimum Gasteiger partial charge on any atom is -0.326 e. The van der Waals surface area contributed by atoms with E-state index in [0.717, 1.165) is 37.8 Å². The zero-order valence-electron chi connectivity index (χ0n) is 13.0. The Bertz CT molecular complexity index is 383. The van der Waals surface area contributed by atoms with Crippen LogP contribution in [0.5, 0.6) is 0 Å². The number of nitrogens with zero attached hydrogens (tertiary/aromatic N) is 3. The van der Waals surface area contributed by atoms with E-state index in [1.165, 1.54) is 6.54 Å². The minimum absolute atomic E-state index is 0.0987. The summed E-state index contributed by atoms with van der Waals surface area (Å²) >= 11 is 0. The van der Waals surface area contributed by atoms with Crippen molar-refractivity contribution in [2.24, 2.45) is 11.7 Å². The molecule has 20 heavy (non-hydrogen) atoms. The lowest BCUT2D eigenvalue weighted by molar-refractivity contribution is 0.0788. The first kappa shape index (κ1) is 15.4. The molecule has 112 valence electrons. The second-order valence-corrected chi connectivity index (χ2v) is 6.29. The van der Waals surface area contributed by atoms with E-state index in [9.17, 15) is 0 Å². The van der Waals surface area contributed by atoms with Crippen molar-refractivity contribution in [2.75, 3.05) is 32.7 Å². The zero-order chi connectivity index (χ0) is 14.5. The summed E-state index contributed by atoms with van der Waals surface area (Å²) in [5.41, 5.74) is 7.32. The predicted molar refractivity (Wildman–Crippen MR) is 83.5 cm³/mol. The van der Waals surface area contributed by atoms with E-state index >= 15 is 0 Å². The summed E-state index contributed by atoms with van der Waals surface area (Å²) in [5.74, 6) is 0.738. The maximum absolute atomic E-state index is 6.22. The average Bonchev–Trinajstić information content (AvgIpc) is 2.41. The van der Waals surface area contributed by atoms with Gasteiger partial charge in [-0.25, -0.2) is 0 Å². The van der Waals surface area contributed by atoms with Gasteiger partial charge in [0.1, 0.15) is 0 Å². The molecule has 0 radical (unpaired) electrons. The second-order valence-electron chi connectivity index (χ2n) is 6.29. The quantitative estimate of drug-likeness (QED) is 0.890. The van der Waals surface area contributed by atoms with E-state index in [1.807, 2.05) is 18.3 Å². The molecular formula is C16H28N4. The molecule has 1 aliphatic heterocycles. The Morgan fingerprint density at radius 1 is 1.15 bits per heavy atom. The monoisotopic (exact) mass is 276 g/mol. The van der Waals surface area contributed by atoms with Crippen LogP contribution in [0.2, 0.25) is 0 Å². The summed E-state index contributed by atoms with van der Waals surface area (Å²) in [7, 11) is 0. The third-order valence-corrected chi connectivity index (χ3v) is 3.91. The second kappa shape index (κ2) is 7.16. The van der Waals surface area contributed by atoms with Gasteiger partial charge in [-0.3, -0.25) is 9.88 Å². The molecule has 2 unspecified atom stereocenters. The Kier molecular flexibility index (Phi) is 5.52. The molecule has 2 atom stereocenters. The number of rotatable bonds is 5. The Hall–Kier alpha value is -0.970. The minimum atomic E-state index is 0.0987. The van der Waals surface area contributed by atoms with Gasteiger partial charge in [-0.15, -0.1) is 0 Å². The van der Waals surface area contributed by atoms with Crippen LogP contribution in [-0.4, -0.2) is 53.5 Å². The van der Waals surface area contributed by atoms with Crippen LogP contribution in [0.4, 0.5) is 0 Å². The number of hydrogen-bond acceptors (Lipinski definition) is 4. The van der Waals surface area contributed by atoms with E-state index in [-0.39, 0.29) is 12.1 Å². The van der Waals surface area contributed by atoms with E-state index in [0.29, 0.717) is 0 Å². The standard InChI is InChI=1S/C16H28N4/c1-13(2)12-19-8-10-20(11-9-19)16(14(3)17)15-6-4-5-7-18-15/h4-7,13-14,16H,8-12,17H2,1-3H3. The van der Waals surface area contributed by atoms with Gasteiger partial charge in [0.25, 0.3) is 0 Å². The summed E-state index contributed by atoms with van der Waals surface area (Å²) in [6.45, 7) is 12.3. The molecule has 4 heteroatoms. The zero-order valence-corrected chi connectivity index (χ0v) is 13.0. The summed E-state index contributed by atoms with van der Waals surface area (Å²) in [5, 5.41) is 0. The Morgan fingerprint density at radius 3 is 2.35 bits per heavy atom. The maximum Gasteiger partial charge on any atom is 0.0671 e. The number of hydrogen-bond donors (Lipinski definition) is 1. The third-order valence-electron chi connectivity index (χ3n) is 3.91. The fraction of sp³-hybridized carbons (Fsp3) is 0.688. The molecule has 1 aliphatic rings. The molecule has 1 saturated heterocycles. The van der Waals surface area contributed by atoms with Crippen LogP contribution < -0.4 is 5.73 Å². The van der Waals surface area contributed by atoms with E-state index < -0.39 is 0 Å². The van der Waals surface area contributed by atoms with Gasteiger partial charge < -0.3 is 10.6 Å². The normalized spacial score (nSPS) is 21.1. The summed E-state index contributed by atoms with van der Waals surface area (Å²) in [6, 6.07) is 6.43. The summed E-state index contributed by atoms with van der Waals surface area (Å²) in [4.78, 5) is 9.55. The molecule has 2 rings (SSSR count). The Morgan fingerprint density at radius 2 is 1.85 bits per heavy atom.